The van der Waals surface area contributed by atoms with Crippen molar-refractivity contribution in [2.75, 3.05) is 31.1 Å². The SMILES string of the molecule is O=C(O)c1sc(CN(C(=O)O[C@H]2CN3CCC2CC3)c2ccccc2F)cc1[C@@H](Cc1c(Cl)c[n+]([O-])cc1Cl)c1ccc(OC(F)F)c(OCC2CC2)c1. The van der Waals surface area contributed by atoms with Gasteiger partial charge in [0.05, 0.1) is 18.8 Å². The zero-order chi connectivity index (χ0) is 38.1. The number of carboxylic acids is 1. The number of rotatable bonds is 14. The molecule has 4 fully saturated rings. The zero-order valence-electron chi connectivity index (χ0n) is 28.8. The first kappa shape index (κ1) is 38.1. The fourth-order valence-corrected chi connectivity index (χ4v) is 8.80. The number of nitrogens with zero attached hydrogens (tertiary/aromatic N) is 3. The minimum Gasteiger partial charge on any atom is -0.619 e. The van der Waals surface area contributed by atoms with E-state index >= 15 is 4.39 Å². The monoisotopic (exact) mass is 805 g/mol. The summed E-state index contributed by atoms with van der Waals surface area (Å²) in [6.07, 6.45) is 4.75. The van der Waals surface area contributed by atoms with Gasteiger partial charge in [0.25, 0.3) is 0 Å². The molecule has 0 spiro atoms. The molecule has 1 aliphatic carbocycles. The van der Waals surface area contributed by atoms with Crippen LogP contribution in [0.1, 0.15) is 62.8 Å². The van der Waals surface area contributed by atoms with Crippen LogP contribution in [0.25, 0.3) is 0 Å². The fraction of sp³-hybridized carbons (Fsp3) is 0.395. The molecule has 1 saturated carbocycles. The van der Waals surface area contributed by atoms with Crippen LogP contribution in [0.5, 0.6) is 11.5 Å². The second-order valence-electron chi connectivity index (χ2n) is 13.8. The molecule has 2 atom stereocenters. The van der Waals surface area contributed by atoms with E-state index in [1.165, 1.54) is 41.3 Å². The van der Waals surface area contributed by atoms with Crippen LogP contribution in [-0.4, -0.2) is 61.0 Å². The molecule has 10 nitrogen and oxygen atoms in total. The molecule has 4 aromatic rings. The summed E-state index contributed by atoms with van der Waals surface area (Å²) in [6.45, 7) is -0.627. The molecule has 16 heteroatoms. The highest BCUT2D eigenvalue weighted by atomic mass is 35.5. The number of aromatic carboxylic acids is 1. The Morgan fingerprint density at radius 1 is 1.04 bits per heavy atom. The van der Waals surface area contributed by atoms with Crippen LogP contribution >= 0.6 is 34.5 Å². The summed E-state index contributed by atoms with van der Waals surface area (Å²) in [6, 6.07) is 11.8. The number of para-hydroxylation sites is 1. The van der Waals surface area contributed by atoms with Crippen LogP contribution < -0.4 is 19.1 Å². The molecule has 4 aliphatic rings. The fourth-order valence-electron chi connectivity index (χ4n) is 7.15. The van der Waals surface area contributed by atoms with Gasteiger partial charge in [0.2, 0.25) is 0 Å². The first-order valence-corrected chi connectivity index (χ1v) is 19.1. The van der Waals surface area contributed by atoms with Crippen molar-refractivity contribution in [2.24, 2.45) is 11.8 Å². The van der Waals surface area contributed by atoms with Crippen molar-refractivity contribution < 1.29 is 46.8 Å². The molecule has 3 aliphatic heterocycles. The average Bonchev–Trinajstić information content (AvgIpc) is 3.87. The maximum Gasteiger partial charge on any atom is 0.415 e. The summed E-state index contributed by atoms with van der Waals surface area (Å²) < 4.78 is 59.3. The maximum atomic E-state index is 15.3. The van der Waals surface area contributed by atoms with Crippen LogP contribution in [0.15, 0.2) is 60.9 Å². The number of anilines is 1. The van der Waals surface area contributed by atoms with Crippen molar-refractivity contribution in [1.29, 1.82) is 0 Å². The van der Waals surface area contributed by atoms with E-state index in [-0.39, 0.29) is 75.2 Å². The first-order chi connectivity index (χ1) is 25.9. The van der Waals surface area contributed by atoms with Gasteiger partial charge in [-0.2, -0.15) is 13.5 Å². The molecule has 54 heavy (non-hydrogen) atoms. The van der Waals surface area contributed by atoms with Gasteiger partial charge in [0.15, 0.2) is 23.9 Å². The van der Waals surface area contributed by atoms with Crippen LogP contribution in [-0.2, 0) is 17.7 Å². The highest BCUT2D eigenvalue weighted by molar-refractivity contribution is 7.14. The van der Waals surface area contributed by atoms with Gasteiger partial charge in [-0.05, 0) is 98.5 Å². The maximum absolute atomic E-state index is 15.3. The van der Waals surface area contributed by atoms with E-state index in [1.807, 2.05) is 0 Å². The summed E-state index contributed by atoms with van der Waals surface area (Å²) in [5.41, 5.74) is 1.03. The summed E-state index contributed by atoms with van der Waals surface area (Å²) in [4.78, 5) is 30.5. The van der Waals surface area contributed by atoms with E-state index in [9.17, 15) is 28.7 Å². The Morgan fingerprint density at radius 2 is 1.76 bits per heavy atom. The predicted molar refractivity (Wildman–Crippen MR) is 196 cm³/mol. The van der Waals surface area contributed by atoms with E-state index < -0.39 is 30.4 Å². The number of thiophene rings is 1. The van der Waals surface area contributed by atoms with Gasteiger partial charge in [0, 0.05) is 22.9 Å². The number of carbonyl (C=O) groups is 2. The Balaban J connectivity index is 1.28. The van der Waals surface area contributed by atoms with Crippen molar-refractivity contribution >= 4 is 52.3 Å². The molecular formula is C38H36Cl2F3N3O7S. The topological polar surface area (TPSA) is 115 Å². The standard InChI is InChI=1S/C38H36Cl2F3N3O7S/c39-28-17-45(50)18-29(40)27(28)15-25(23-7-8-32(52-37(42)43)33(13-23)51-20-21-5-6-21)26-14-24(54-35(26)36(47)48)16-46(31-4-2-1-3-30(31)41)38(49)53-34-19-44-11-9-22(34)10-12-44/h1-4,7-8,13-14,17-18,21-22,25,34,37H,5-6,9-12,15-16,19-20H2,(H,47,48)/t25-,34-/m0/s1. The van der Waals surface area contributed by atoms with Crippen molar-refractivity contribution in [3.8, 4) is 11.5 Å². The quantitative estimate of drug-likeness (QED) is 0.0997. The molecule has 286 valence electrons. The molecule has 1 amide bonds. The lowest BCUT2D eigenvalue weighted by Crippen LogP contribution is -2.53. The molecule has 2 bridgehead atoms. The molecule has 0 unspecified atom stereocenters. The van der Waals surface area contributed by atoms with Gasteiger partial charge in [-0.25, -0.2) is 14.0 Å². The normalized spacial score (nSPS) is 19.8. The Labute approximate surface area is 323 Å². The molecular weight excluding hydrogens is 770 g/mol. The minimum absolute atomic E-state index is 0.0231. The number of hydrogen-bond donors (Lipinski definition) is 1. The first-order valence-electron chi connectivity index (χ1n) is 17.5. The number of amides is 1. The van der Waals surface area contributed by atoms with Gasteiger partial charge >= 0.3 is 18.7 Å². The van der Waals surface area contributed by atoms with Crippen molar-refractivity contribution in [2.45, 2.75) is 57.3 Å². The molecule has 1 N–H and O–H groups in total. The Morgan fingerprint density at radius 3 is 2.39 bits per heavy atom. The van der Waals surface area contributed by atoms with Crippen LogP contribution in [0, 0.1) is 22.9 Å². The number of pyridine rings is 1. The smallest absolute Gasteiger partial charge is 0.415 e. The van der Waals surface area contributed by atoms with Crippen molar-refractivity contribution in [3.63, 3.8) is 0 Å². The third-order valence-corrected chi connectivity index (χ3v) is 11.9. The minimum atomic E-state index is -3.12. The number of aromatic nitrogens is 1. The predicted octanol–water partition coefficient (Wildman–Crippen LogP) is 8.53. The van der Waals surface area contributed by atoms with Gasteiger partial charge < -0.3 is 24.5 Å². The van der Waals surface area contributed by atoms with E-state index in [0.29, 0.717) is 27.3 Å². The summed E-state index contributed by atoms with van der Waals surface area (Å²) >= 11 is 13.9. The average molecular weight is 807 g/mol. The number of carbonyl (C=O) groups excluding carboxylic acids is 1. The van der Waals surface area contributed by atoms with Crippen LogP contribution in [0.3, 0.4) is 0 Å². The van der Waals surface area contributed by atoms with Crippen LogP contribution in [0.2, 0.25) is 10.0 Å². The number of hydrogen-bond acceptors (Lipinski definition) is 8. The Hall–Kier alpha value is -4.24. The second-order valence-corrected chi connectivity index (χ2v) is 15.7. The van der Waals surface area contributed by atoms with Gasteiger partial charge in [-0.1, -0.05) is 41.4 Å². The van der Waals surface area contributed by atoms with E-state index in [2.05, 4.69) is 4.90 Å². The number of alkyl halides is 2. The number of fused-ring (bicyclic) bond motifs is 3. The van der Waals surface area contributed by atoms with E-state index in [4.69, 9.17) is 37.4 Å². The van der Waals surface area contributed by atoms with E-state index in [1.54, 1.807) is 12.1 Å². The number of carboxylic acid groups (broad SMARTS) is 1. The summed E-state index contributed by atoms with van der Waals surface area (Å²) in [7, 11) is 0. The lowest BCUT2D eigenvalue weighted by atomic mass is 9.85. The van der Waals surface area contributed by atoms with Crippen molar-refractivity contribution in [3.05, 3.63) is 108 Å². The van der Waals surface area contributed by atoms with Gasteiger partial charge in [-0.15, -0.1) is 11.3 Å². The molecule has 2 aromatic heterocycles. The number of halogens is 5. The summed E-state index contributed by atoms with van der Waals surface area (Å²) in [5, 5.41) is 22.7. The Kier molecular flexibility index (Phi) is 11.4. The second kappa shape index (κ2) is 16.2. The van der Waals surface area contributed by atoms with Crippen molar-refractivity contribution in [1.82, 2.24) is 4.90 Å². The molecule has 8 rings (SSSR count). The summed E-state index contributed by atoms with van der Waals surface area (Å²) in [5.74, 6) is -2.46. The third kappa shape index (κ3) is 8.67. The lowest BCUT2D eigenvalue weighted by Gasteiger charge is -2.44. The Bertz CT molecular complexity index is 2000. The van der Waals surface area contributed by atoms with Crippen LogP contribution in [0.4, 0.5) is 23.7 Å². The third-order valence-electron chi connectivity index (χ3n) is 10.1. The molecule has 2 aromatic carbocycles. The highest BCUT2D eigenvalue weighted by Gasteiger charge is 2.38. The van der Waals surface area contributed by atoms with Gasteiger partial charge in [0.1, 0.15) is 26.8 Å². The highest BCUT2D eigenvalue weighted by Crippen LogP contribution is 2.43. The lowest BCUT2D eigenvalue weighted by molar-refractivity contribution is -0.605. The van der Waals surface area contributed by atoms with E-state index in [0.717, 1.165) is 62.5 Å². The largest absolute Gasteiger partial charge is 0.619 e. The number of ether oxygens (including phenoxy) is 3. The number of benzene rings is 2. The molecule has 3 saturated heterocycles. The number of piperidine rings is 3. The molecule has 5 heterocycles. The van der Waals surface area contributed by atoms with Gasteiger partial charge in [-0.3, -0.25) is 9.80 Å². The zero-order valence-corrected chi connectivity index (χ0v) is 31.1. The molecule has 0 radical (unpaired) electrons.